The lowest BCUT2D eigenvalue weighted by molar-refractivity contribution is 0.249. The Bertz CT molecular complexity index is 1250. The minimum absolute atomic E-state index is 0.208. The first-order valence-electron chi connectivity index (χ1n) is 11.0. The van der Waals surface area contributed by atoms with Crippen LogP contribution in [0.4, 0.5) is 33.6 Å². The Morgan fingerprint density at radius 2 is 2.00 bits per heavy atom. The molecule has 0 radical (unpaired) electrons. The summed E-state index contributed by atoms with van der Waals surface area (Å²) in [4.78, 5) is 26.2. The standard InChI is InChI=1S/C24H25ClN6O3/c1-33-16-9-19(21(25)20(10-16)34-2)30-13-15-11-27-23(28-18-6-4-3-5-17(18)26)29-22(15)31(24(30)32)12-14-7-8-14/h3-6,9-11,14H,7-8,12-13,26H2,1-2H3,(H,27,28,29). The molecule has 2 aromatic carbocycles. The van der Waals surface area contributed by atoms with Gasteiger partial charge in [-0.25, -0.2) is 9.78 Å². The first-order valence-corrected chi connectivity index (χ1v) is 11.3. The second kappa shape index (κ2) is 8.90. The number of hydrogen-bond acceptors (Lipinski definition) is 7. The van der Waals surface area contributed by atoms with Gasteiger partial charge in [0.2, 0.25) is 5.95 Å². The summed E-state index contributed by atoms with van der Waals surface area (Å²) in [5.74, 6) is 2.38. The van der Waals surface area contributed by atoms with E-state index in [1.807, 2.05) is 18.2 Å². The molecule has 5 rings (SSSR count). The second-order valence-corrected chi connectivity index (χ2v) is 8.72. The van der Waals surface area contributed by atoms with E-state index in [2.05, 4.69) is 10.3 Å². The summed E-state index contributed by atoms with van der Waals surface area (Å²) in [6.07, 6.45) is 3.90. The van der Waals surface area contributed by atoms with Crippen LogP contribution < -0.4 is 30.3 Å². The van der Waals surface area contributed by atoms with Crippen LogP contribution in [0, 0.1) is 5.92 Å². The molecule has 2 amide bonds. The molecule has 2 heterocycles. The average molecular weight is 481 g/mol. The Morgan fingerprint density at radius 1 is 1.21 bits per heavy atom. The van der Waals surface area contributed by atoms with E-state index in [0.29, 0.717) is 57.8 Å². The van der Waals surface area contributed by atoms with Crippen molar-refractivity contribution in [3.05, 3.63) is 53.2 Å². The van der Waals surface area contributed by atoms with Gasteiger partial charge in [0.15, 0.2) is 0 Å². The van der Waals surface area contributed by atoms with Crippen LogP contribution in [-0.4, -0.2) is 36.8 Å². The van der Waals surface area contributed by atoms with E-state index in [0.717, 1.165) is 18.4 Å². The third kappa shape index (κ3) is 4.14. The molecule has 176 valence electrons. The van der Waals surface area contributed by atoms with E-state index in [9.17, 15) is 4.79 Å². The highest BCUT2D eigenvalue weighted by atomic mass is 35.5. The number of carbonyl (C=O) groups is 1. The largest absolute Gasteiger partial charge is 0.497 e. The number of carbonyl (C=O) groups excluding carboxylic acids is 1. The molecule has 0 unspecified atom stereocenters. The van der Waals surface area contributed by atoms with Crippen molar-refractivity contribution in [3.8, 4) is 11.5 Å². The number of nitrogens with one attached hydrogen (secondary N) is 1. The monoisotopic (exact) mass is 480 g/mol. The lowest BCUT2D eigenvalue weighted by Gasteiger charge is -2.36. The predicted molar refractivity (Wildman–Crippen MR) is 132 cm³/mol. The van der Waals surface area contributed by atoms with Crippen molar-refractivity contribution in [3.63, 3.8) is 0 Å². The molecule has 3 N–H and O–H groups in total. The highest BCUT2D eigenvalue weighted by Gasteiger charge is 2.38. The Morgan fingerprint density at radius 3 is 2.71 bits per heavy atom. The minimum atomic E-state index is -0.208. The number of hydrogen-bond donors (Lipinski definition) is 2. The maximum absolute atomic E-state index is 13.7. The van der Waals surface area contributed by atoms with E-state index >= 15 is 0 Å². The molecule has 1 aliphatic carbocycles. The van der Waals surface area contributed by atoms with Gasteiger partial charge < -0.3 is 20.5 Å². The van der Waals surface area contributed by atoms with Crippen LogP contribution in [0.2, 0.25) is 5.02 Å². The average Bonchev–Trinajstić information content (AvgIpc) is 3.67. The number of benzene rings is 2. The fraction of sp³-hybridized carbons (Fsp3) is 0.292. The highest BCUT2D eigenvalue weighted by Crippen LogP contribution is 2.42. The van der Waals surface area contributed by atoms with Crippen LogP contribution in [-0.2, 0) is 6.54 Å². The number of nitrogen functional groups attached to an aromatic ring is 1. The number of nitrogens with two attached hydrogens (primary N) is 1. The number of anilines is 5. The van der Waals surface area contributed by atoms with Gasteiger partial charge in [0.05, 0.1) is 37.8 Å². The van der Waals surface area contributed by atoms with E-state index in [-0.39, 0.29) is 12.6 Å². The fourth-order valence-corrected chi connectivity index (χ4v) is 4.23. The van der Waals surface area contributed by atoms with E-state index in [4.69, 9.17) is 31.8 Å². The third-order valence-corrected chi connectivity index (χ3v) is 6.35. The van der Waals surface area contributed by atoms with Crippen LogP contribution >= 0.6 is 11.6 Å². The quantitative estimate of drug-likeness (QED) is 0.466. The van der Waals surface area contributed by atoms with Crippen molar-refractivity contribution in [1.29, 1.82) is 0 Å². The van der Waals surface area contributed by atoms with Crippen molar-refractivity contribution >= 4 is 46.5 Å². The molecule has 3 aromatic rings. The molecule has 1 saturated carbocycles. The zero-order chi connectivity index (χ0) is 23.8. The Labute approximate surface area is 202 Å². The highest BCUT2D eigenvalue weighted by molar-refractivity contribution is 6.35. The molecular formula is C24H25ClN6O3. The van der Waals surface area contributed by atoms with Gasteiger partial charge >= 0.3 is 6.03 Å². The number of urea groups is 1. The molecule has 0 atom stereocenters. The number of halogens is 1. The summed E-state index contributed by atoms with van der Waals surface area (Å²) >= 11 is 6.61. The van der Waals surface area contributed by atoms with Crippen molar-refractivity contribution in [2.75, 3.05) is 41.6 Å². The van der Waals surface area contributed by atoms with Gasteiger partial charge in [0.25, 0.3) is 0 Å². The fourth-order valence-electron chi connectivity index (χ4n) is 3.94. The second-order valence-electron chi connectivity index (χ2n) is 8.34. The van der Waals surface area contributed by atoms with Gasteiger partial charge in [0.1, 0.15) is 22.3 Å². The van der Waals surface area contributed by atoms with Crippen LogP contribution in [0.5, 0.6) is 11.5 Å². The van der Waals surface area contributed by atoms with Crippen molar-refractivity contribution in [1.82, 2.24) is 9.97 Å². The van der Waals surface area contributed by atoms with Gasteiger partial charge in [-0.2, -0.15) is 4.98 Å². The van der Waals surface area contributed by atoms with Gasteiger partial charge in [-0.1, -0.05) is 23.7 Å². The summed E-state index contributed by atoms with van der Waals surface area (Å²) in [6, 6.07) is 10.6. The van der Waals surface area contributed by atoms with Crippen molar-refractivity contribution in [2.24, 2.45) is 5.92 Å². The molecule has 0 spiro atoms. The van der Waals surface area contributed by atoms with Crippen LogP contribution in [0.15, 0.2) is 42.6 Å². The summed E-state index contributed by atoms with van der Waals surface area (Å²) in [5, 5.41) is 3.49. The first kappa shape index (κ1) is 22.1. The molecule has 1 fully saturated rings. The zero-order valence-corrected chi connectivity index (χ0v) is 19.7. The number of para-hydroxylation sites is 2. The Balaban J connectivity index is 1.54. The Kier molecular flexibility index (Phi) is 5.79. The molecular weight excluding hydrogens is 456 g/mol. The summed E-state index contributed by atoms with van der Waals surface area (Å²) in [5.41, 5.74) is 8.66. The number of nitrogens with zero attached hydrogens (tertiary/aromatic N) is 4. The van der Waals surface area contributed by atoms with Gasteiger partial charge in [-0.15, -0.1) is 0 Å². The van der Waals surface area contributed by atoms with Gasteiger partial charge in [-0.3, -0.25) is 9.80 Å². The normalized spacial score (nSPS) is 15.2. The smallest absolute Gasteiger partial charge is 0.330 e. The number of ether oxygens (including phenoxy) is 2. The summed E-state index contributed by atoms with van der Waals surface area (Å²) in [6.45, 7) is 0.837. The predicted octanol–water partition coefficient (Wildman–Crippen LogP) is 4.83. The van der Waals surface area contributed by atoms with E-state index in [1.165, 1.54) is 7.11 Å². The first-order chi connectivity index (χ1) is 16.5. The minimum Gasteiger partial charge on any atom is -0.497 e. The molecule has 34 heavy (non-hydrogen) atoms. The maximum Gasteiger partial charge on any atom is 0.330 e. The molecule has 1 aliphatic heterocycles. The van der Waals surface area contributed by atoms with Crippen LogP contribution in [0.3, 0.4) is 0 Å². The number of fused-ring (bicyclic) bond motifs is 1. The zero-order valence-electron chi connectivity index (χ0n) is 18.9. The van der Waals surface area contributed by atoms with Crippen molar-refractivity contribution in [2.45, 2.75) is 19.4 Å². The lowest BCUT2D eigenvalue weighted by Crippen LogP contribution is -2.49. The Hall–Kier alpha value is -3.72. The van der Waals surface area contributed by atoms with Crippen LogP contribution in [0.25, 0.3) is 0 Å². The van der Waals surface area contributed by atoms with Crippen molar-refractivity contribution < 1.29 is 14.3 Å². The molecule has 1 aromatic heterocycles. The number of methoxy groups -OCH3 is 2. The third-order valence-electron chi connectivity index (χ3n) is 5.97. The molecule has 0 saturated heterocycles. The maximum atomic E-state index is 13.7. The molecule has 2 aliphatic rings. The van der Waals surface area contributed by atoms with Crippen LogP contribution in [0.1, 0.15) is 18.4 Å². The number of amides is 2. The van der Waals surface area contributed by atoms with Gasteiger partial charge in [0, 0.05) is 30.4 Å². The lowest BCUT2D eigenvalue weighted by atomic mass is 10.1. The summed E-state index contributed by atoms with van der Waals surface area (Å²) in [7, 11) is 3.08. The summed E-state index contributed by atoms with van der Waals surface area (Å²) < 4.78 is 10.8. The SMILES string of the molecule is COc1cc(OC)c(Cl)c(N2Cc3cnc(Nc4ccccc4N)nc3N(CC3CC3)C2=O)c1. The molecule has 0 bridgehead atoms. The molecule has 10 heteroatoms. The van der Waals surface area contributed by atoms with E-state index < -0.39 is 0 Å². The number of aromatic nitrogens is 2. The topological polar surface area (TPSA) is 106 Å². The van der Waals surface area contributed by atoms with Gasteiger partial charge in [-0.05, 0) is 30.9 Å². The number of rotatable bonds is 7. The van der Waals surface area contributed by atoms with E-state index in [1.54, 1.807) is 41.3 Å². The molecule has 9 nitrogen and oxygen atoms in total.